The largest absolute Gasteiger partial charge is 0.382 e. The van der Waals surface area contributed by atoms with E-state index in [0.717, 1.165) is 18.2 Å². The van der Waals surface area contributed by atoms with E-state index in [4.69, 9.17) is 5.73 Å². The molecule has 2 aromatic rings. The average Bonchev–Trinajstić information content (AvgIpc) is 2.27. The Labute approximate surface area is 97.3 Å². The Morgan fingerprint density at radius 1 is 1.06 bits per heavy atom. The molecular formula is C12H11F2N3. The number of hydrogen-bond donors (Lipinski definition) is 1. The third-order valence-electron chi connectivity index (χ3n) is 2.52. The molecule has 5 heteroatoms. The van der Waals surface area contributed by atoms with Gasteiger partial charge in [0, 0.05) is 5.56 Å². The minimum absolute atomic E-state index is 0.0260. The molecule has 0 amide bonds. The predicted molar refractivity (Wildman–Crippen MR) is 61.3 cm³/mol. The lowest BCUT2D eigenvalue weighted by Crippen LogP contribution is -2.03. The van der Waals surface area contributed by atoms with Gasteiger partial charge in [0.25, 0.3) is 0 Å². The number of benzene rings is 1. The standard InChI is InChI=1S/C12H11F2N3/c1-6-7(2)17-12(15)11(16-6)9-5-8(13)3-4-10(9)14/h3-5H,1-2H3,(H2,15,17). The minimum atomic E-state index is -0.573. The van der Waals surface area contributed by atoms with E-state index in [-0.39, 0.29) is 17.1 Å². The van der Waals surface area contributed by atoms with E-state index in [1.54, 1.807) is 13.8 Å². The van der Waals surface area contributed by atoms with Crippen LogP contribution in [0.15, 0.2) is 18.2 Å². The molecule has 2 N–H and O–H groups in total. The van der Waals surface area contributed by atoms with Crippen molar-refractivity contribution < 1.29 is 8.78 Å². The van der Waals surface area contributed by atoms with E-state index < -0.39 is 11.6 Å². The van der Waals surface area contributed by atoms with Gasteiger partial charge < -0.3 is 5.73 Å². The van der Waals surface area contributed by atoms with Gasteiger partial charge in [-0.05, 0) is 32.0 Å². The fraction of sp³-hybridized carbons (Fsp3) is 0.167. The number of nitrogens with zero attached hydrogens (tertiary/aromatic N) is 2. The van der Waals surface area contributed by atoms with E-state index in [2.05, 4.69) is 9.97 Å². The first-order valence-corrected chi connectivity index (χ1v) is 5.05. The zero-order chi connectivity index (χ0) is 12.6. The molecule has 0 aliphatic carbocycles. The molecule has 1 heterocycles. The van der Waals surface area contributed by atoms with Gasteiger partial charge in [0.1, 0.15) is 23.1 Å². The van der Waals surface area contributed by atoms with Crippen LogP contribution in [0.2, 0.25) is 0 Å². The van der Waals surface area contributed by atoms with Crippen molar-refractivity contribution in [2.75, 3.05) is 5.73 Å². The summed E-state index contributed by atoms with van der Waals surface area (Å²) in [5, 5.41) is 0. The maximum absolute atomic E-state index is 13.6. The Morgan fingerprint density at radius 3 is 2.41 bits per heavy atom. The highest BCUT2D eigenvalue weighted by atomic mass is 19.1. The highest BCUT2D eigenvalue weighted by Gasteiger charge is 2.13. The third-order valence-corrected chi connectivity index (χ3v) is 2.52. The second-order valence-electron chi connectivity index (χ2n) is 3.75. The summed E-state index contributed by atoms with van der Waals surface area (Å²) in [6.07, 6.45) is 0. The summed E-state index contributed by atoms with van der Waals surface area (Å²) < 4.78 is 26.7. The lowest BCUT2D eigenvalue weighted by molar-refractivity contribution is 0.602. The highest BCUT2D eigenvalue weighted by Crippen LogP contribution is 2.26. The van der Waals surface area contributed by atoms with E-state index in [9.17, 15) is 8.78 Å². The first-order chi connectivity index (χ1) is 7.99. The van der Waals surface area contributed by atoms with Crippen LogP contribution in [0, 0.1) is 25.5 Å². The van der Waals surface area contributed by atoms with Crippen molar-refractivity contribution in [3.63, 3.8) is 0 Å². The SMILES string of the molecule is Cc1nc(N)c(-c2cc(F)ccc2F)nc1C. The number of hydrogen-bond acceptors (Lipinski definition) is 3. The second-order valence-corrected chi connectivity index (χ2v) is 3.75. The topological polar surface area (TPSA) is 51.8 Å². The summed E-state index contributed by atoms with van der Waals surface area (Å²) in [5.41, 5.74) is 7.18. The molecular weight excluding hydrogens is 224 g/mol. The lowest BCUT2D eigenvalue weighted by atomic mass is 10.1. The first kappa shape index (κ1) is 11.4. The van der Waals surface area contributed by atoms with Crippen LogP contribution in [0.4, 0.5) is 14.6 Å². The van der Waals surface area contributed by atoms with E-state index in [1.165, 1.54) is 0 Å². The number of aryl methyl sites for hydroxylation is 2. The third kappa shape index (κ3) is 2.08. The molecule has 0 bridgehead atoms. The van der Waals surface area contributed by atoms with Gasteiger partial charge in [-0.15, -0.1) is 0 Å². The van der Waals surface area contributed by atoms with Crippen molar-refractivity contribution in [2.45, 2.75) is 13.8 Å². The number of nitrogens with two attached hydrogens (primary N) is 1. The van der Waals surface area contributed by atoms with Crippen molar-refractivity contribution in [3.05, 3.63) is 41.2 Å². The average molecular weight is 235 g/mol. The number of nitrogen functional groups attached to an aromatic ring is 1. The van der Waals surface area contributed by atoms with Crippen LogP contribution in [-0.4, -0.2) is 9.97 Å². The van der Waals surface area contributed by atoms with Crippen molar-refractivity contribution in [1.82, 2.24) is 9.97 Å². The van der Waals surface area contributed by atoms with Crippen LogP contribution < -0.4 is 5.73 Å². The number of halogens is 2. The smallest absolute Gasteiger partial charge is 0.150 e. The molecule has 0 aliphatic heterocycles. The van der Waals surface area contributed by atoms with Crippen molar-refractivity contribution >= 4 is 5.82 Å². The number of anilines is 1. The van der Waals surface area contributed by atoms with Gasteiger partial charge in [-0.2, -0.15) is 0 Å². The summed E-state index contributed by atoms with van der Waals surface area (Å²) in [6, 6.07) is 3.15. The second kappa shape index (κ2) is 4.08. The maximum atomic E-state index is 13.6. The molecule has 17 heavy (non-hydrogen) atoms. The fourth-order valence-electron chi connectivity index (χ4n) is 1.50. The van der Waals surface area contributed by atoms with Crippen molar-refractivity contribution in [1.29, 1.82) is 0 Å². The molecule has 1 aromatic carbocycles. The van der Waals surface area contributed by atoms with Crippen LogP contribution in [0.25, 0.3) is 11.3 Å². The van der Waals surface area contributed by atoms with E-state index in [1.807, 2.05) is 0 Å². The summed E-state index contributed by atoms with van der Waals surface area (Å²) in [6.45, 7) is 3.49. The van der Waals surface area contributed by atoms with Crippen LogP contribution in [-0.2, 0) is 0 Å². The molecule has 0 atom stereocenters. The molecule has 1 aromatic heterocycles. The van der Waals surface area contributed by atoms with Crippen LogP contribution in [0.3, 0.4) is 0 Å². The van der Waals surface area contributed by atoms with Gasteiger partial charge in [-0.25, -0.2) is 18.7 Å². The molecule has 0 spiro atoms. The Hall–Kier alpha value is -2.04. The summed E-state index contributed by atoms with van der Waals surface area (Å²) in [7, 11) is 0. The van der Waals surface area contributed by atoms with Crippen LogP contribution in [0.5, 0.6) is 0 Å². The van der Waals surface area contributed by atoms with Crippen LogP contribution in [0.1, 0.15) is 11.4 Å². The van der Waals surface area contributed by atoms with Gasteiger partial charge in [0.05, 0.1) is 11.4 Å². The van der Waals surface area contributed by atoms with Gasteiger partial charge >= 0.3 is 0 Å². The fourth-order valence-corrected chi connectivity index (χ4v) is 1.50. The van der Waals surface area contributed by atoms with Gasteiger partial charge in [-0.3, -0.25) is 0 Å². The molecule has 0 unspecified atom stereocenters. The molecule has 88 valence electrons. The minimum Gasteiger partial charge on any atom is -0.382 e. The molecule has 0 radical (unpaired) electrons. The molecule has 0 saturated heterocycles. The van der Waals surface area contributed by atoms with E-state index >= 15 is 0 Å². The Kier molecular flexibility index (Phi) is 2.75. The van der Waals surface area contributed by atoms with Gasteiger partial charge in [0.2, 0.25) is 0 Å². The molecule has 2 rings (SSSR count). The van der Waals surface area contributed by atoms with Gasteiger partial charge in [0.15, 0.2) is 0 Å². The van der Waals surface area contributed by atoms with Crippen LogP contribution >= 0.6 is 0 Å². The van der Waals surface area contributed by atoms with E-state index in [0.29, 0.717) is 11.4 Å². The monoisotopic (exact) mass is 235 g/mol. The molecule has 0 saturated carbocycles. The maximum Gasteiger partial charge on any atom is 0.150 e. The molecule has 0 fully saturated rings. The number of rotatable bonds is 1. The predicted octanol–water partition coefficient (Wildman–Crippen LogP) is 2.62. The van der Waals surface area contributed by atoms with Gasteiger partial charge in [-0.1, -0.05) is 0 Å². The highest BCUT2D eigenvalue weighted by molar-refractivity contribution is 5.70. The normalized spacial score (nSPS) is 10.6. The Morgan fingerprint density at radius 2 is 1.71 bits per heavy atom. The summed E-state index contributed by atoms with van der Waals surface area (Å²) >= 11 is 0. The number of aromatic nitrogens is 2. The Balaban J connectivity index is 2.68. The first-order valence-electron chi connectivity index (χ1n) is 5.05. The van der Waals surface area contributed by atoms with Crippen molar-refractivity contribution in [3.8, 4) is 11.3 Å². The quantitative estimate of drug-likeness (QED) is 0.826. The summed E-state index contributed by atoms with van der Waals surface area (Å²) in [5.74, 6) is -1.02. The zero-order valence-corrected chi connectivity index (χ0v) is 9.46. The molecule has 0 aliphatic rings. The zero-order valence-electron chi connectivity index (χ0n) is 9.46. The molecule has 3 nitrogen and oxygen atoms in total. The van der Waals surface area contributed by atoms with Crippen molar-refractivity contribution in [2.24, 2.45) is 0 Å². The summed E-state index contributed by atoms with van der Waals surface area (Å²) in [4.78, 5) is 8.20. The lowest BCUT2D eigenvalue weighted by Gasteiger charge is -2.08. The Bertz CT molecular complexity index is 582.